The van der Waals surface area contributed by atoms with Gasteiger partial charge < -0.3 is 51.3 Å². The van der Waals surface area contributed by atoms with Crippen LogP contribution in [0.5, 0.6) is 0 Å². The summed E-state index contributed by atoms with van der Waals surface area (Å²) in [6, 6.07) is -2.02. The number of Topliss-reactive ketones (excluding diaryl/α,β-unsaturated/α-hetero) is 3. The van der Waals surface area contributed by atoms with E-state index in [1.54, 1.807) is 6.92 Å². The minimum Gasteiger partial charge on any atom is -0.481 e. The molecule has 2 bridgehead atoms. The van der Waals surface area contributed by atoms with Gasteiger partial charge in [-0.3, -0.25) is 28.8 Å². The fourth-order valence-corrected chi connectivity index (χ4v) is 11.9. The summed E-state index contributed by atoms with van der Waals surface area (Å²) in [6.45, 7) is 23.3. The molecule has 0 spiro atoms. The molecule has 3 saturated carbocycles. The van der Waals surface area contributed by atoms with E-state index in [4.69, 9.17) is 30.6 Å². The van der Waals surface area contributed by atoms with Crippen molar-refractivity contribution in [2.45, 2.75) is 297 Å². The molecule has 1 aliphatic heterocycles. The van der Waals surface area contributed by atoms with Crippen molar-refractivity contribution in [3.8, 4) is 0 Å². The topological polar surface area (TPSA) is 267 Å². The highest BCUT2D eigenvalue weighted by atomic mass is 16.7. The number of carbonyl (C=O) groups is 7. The normalized spacial score (nSPS) is 21.3. The monoisotopic (exact) mass is 1130 g/mol. The third-order valence-electron chi connectivity index (χ3n) is 17.1. The molecule has 4 fully saturated rings. The molecule has 10 atom stereocenters. The van der Waals surface area contributed by atoms with Crippen LogP contribution in [0.1, 0.15) is 256 Å². The Morgan fingerprint density at radius 1 is 0.688 bits per heavy atom. The van der Waals surface area contributed by atoms with E-state index in [2.05, 4.69) is 45.3 Å². The molecule has 0 aromatic rings. The van der Waals surface area contributed by atoms with Crippen LogP contribution in [0.25, 0.3) is 0 Å². The molecule has 0 unspecified atom stereocenters. The zero-order chi connectivity index (χ0) is 60.1. The minimum absolute atomic E-state index is 0.00873. The van der Waals surface area contributed by atoms with Crippen LogP contribution in [0.2, 0.25) is 5.82 Å². The van der Waals surface area contributed by atoms with E-state index in [9.17, 15) is 38.7 Å². The van der Waals surface area contributed by atoms with Gasteiger partial charge in [0, 0.05) is 50.6 Å². The van der Waals surface area contributed by atoms with Crippen molar-refractivity contribution in [3.05, 3.63) is 0 Å². The quantitative estimate of drug-likeness (QED) is 0.0245. The van der Waals surface area contributed by atoms with Crippen LogP contribution in [0, 0.1) is 29.1 Å². The van der Waals surface area contributed by atoms with Gasteiger partial charge in [0.05, 0.1) is 30.3 Å². The van der Waals surface area contributed by atoms with Crippen LogP contribution in [0.4, 0.5) is 4.79 Å². The van der Waals surface area contributed by atoms with Crippen molar-refractivity contribution in [3.63, 3.8) is 0 Å². The lowest BCUT2D eigenvalue weighted by molar-refractivity contribution is -0.199. The molecular weight excluding hydrogens is 1020 g/mol. The number of nitrogens with one attached hydrogen (secondary N) is 2. The summed E-state index contributed by atoms with van der Waals surface area (Å²) >= 11 is 0. The second kappa shape index (κ2) is 37.7. The number of unbranched alkanes of at least 4 members (excludes halogenated alkanes) is 15. The average Bonchev–Trinajstić information content (AvgIpc) is 3.77. The largest absolute Gasteiger partial charge is 0.481 e. The van der Waals surface area contributed by atoms with Crippen LogP contribution in [0.15, 0.2) is 0 Å². The summed E-state index contributed by atoms with van der Waals surface area (Å²) in [4.78, 5) is 91.9. The minimum atomic E-state index is -1.25. The average molecular weight is 1130 g/mol. The summed E-state index contributed by atoms with van der Waals surface area (Å²) in [7, 11) is -0.508. The van der Waals surface area contributed by atoms with Crippen molar-refractivity contribution >= 4 is 48.3 Å². The number of ether oxygens (including phenoxy) is 1. The molecule has 8 N–H and O–H groups in total. The highest BCUT2D eigenvalue weighted by Crippen LogP contribution is 2.66. The first-order chi connectivity index (χ1) is 37.7. The van der Waals surface area contributed by atoms with Crippen molar-refractivity contribution in [2.75, 3.05) is 26.2 Å². The van der Waals surface area contributed by atoms with E-state index in [1.807, 2.05) is 27.7 Å². The van der Waals surface area contributed by atoms with Gasteiger partial charge in [-0.25, -0.2) is 4.79 Å². The lowest BCUT2D eigenvalue weighted by atomic mass is 9.43. The van der Waals surface area contributed by atoms with Crippen LogP contribution in [-0.4, -0.2) is 125 Å². The number of amides is 3. The number of aliphatic hydroxyl groups is 1. The molecule has 0 aromatic heterocycles. The molecule has 462 valence electrons. The van der Waals surface area contributed by atoms with Gasteiger partial charge in [-0.1, -0.05) is 131 Å². The van der Waals surface area contributed by atoms with E-state index in [1.165, 1.54) is 69.6 Å². The molecule has 1 saturated heterocycles. The highest BCUT2D eigenvalue weighted by molar-refractivity contribution is 6.47. The van der Waals surface area contributed by atoms with Crippen LogP contribution < -0.4 is 22.1 Å². The van der Waals surface area contributed by atoms with Gasteiger partial charge in [0.1, 0.15) is 17.4 Å². The molecule has 4 rings (SSSR count). The van der Waals surface area contributed by atoms with Crippen molar-refractivity contribution in [1.29, 1.82) is 0 Å². The number of carbonyl (C=O) groups excluding carboxylic acids is 6. The van der Waals surface area contributed by atoms with E-state index >= 15 is 0 Å². The predicted molar refractivity (Wildman–Crippen MR) is 318 cm³/mol. The first kappa shape index (κ1) is 72.7. The highest BCUT2D eigenvalue weighted by Gasteiger charge is 2.68. The third kappa shape index (κ3) is 26.0. The zero-order valence-electron chi connectivity index (χ0n) is 52.0. The van der Waals surface area contributed by atoms with Crippen LogP contribution >= 0.6 is 0 Å². The zero-order valence-corrected chi connectivity index (χ0v) is 52.0. The smallest absolute Gasteiger partial charge is 0.461 e. The van der Waals surface area contributed by atoms with Crippen molar-refractivity contribution in [1.82, 2.24) is 15.5 Å². The Labute approximate surface area is 483 Å². The number of nitrogens with two attached hydrogens (primary N) is 2. The second-order valence-electron chi connectivity index (χ2n) is 25.8. The molecular formula is C62H114BN5O12. The van der Waals surface area contributed by atoms with Gasteiger partial charge in [-0.2, -0.15) is 0 Å². The number of aliphatic hydroxyl groups excluding tert-OH is 1. The van der Waals surface area contributed by atoms with Gasteiger partial charge in [-0.15, -0.1) is 0 Å². The Hall–Kier alpha value is -3.45. The molecule has 0 radical (unpaired) electrons. The fraction of sp³-hybridized carbons (Fsp3) is 0.887. The maximum absolute atomic E-state index is 13.8. The maximum atomic E-state index is 13.8. The van der Waals surface area contributed by atoms with Crippen molar-refractivity contribution < 1.29 is 57.8 Å². The number of carboxylic acid groups (broad SMARTS) is 1. The summed E-state index contributed by atoms with van der Waals surface area (Å²) in [5, 5.41) is 25.1. The molecule has 17 nitrogen and oxygen atoms in total. The summed E-state index contributed by atoms with van der Waals surface area (Å²) < 4.78 is 18.4. The first-order valence-corrected chi connectivity index (χ1v) is 31.5. The third-order valence-corrected chi connectivity index (χ3v) is 17.1. The fourth-order valence-electron chi connectivity index (χ4n) is 11.9. The molecule has 80 heavy (non-hydrogen) atoms. The number of hydrogen-bond acceptors (Lipinski definition) is 13. The standard InChI is InChI=1S/C46H83BN4O8.C16H31NO4/c1-8-9-10-11-12-13-14-15-16-22-36(53)28-34(21-17-19-24-48)44(57)51-42(33(4)52)39(55)26-31(2)43(56)50-37(23-18-20-25-49)38(54)27-32(3)47-58-41-30-35-29-40(45(35,5)6)46(41,7)59-47;1-5-6-7-8-9-10-12-17(13-11-14(18)19)15(20)21-16(2,3)4/h31-35,37,40-42,52H,8-30,48-49H2,1-7H3,(H,50,56)(H,51,57);5-13H2,1-4H3,(H,18,19)/t31-,32-,33-,34-,35+,37+,40+,41-,42+,46+;/m1./s1. The number of nitrogens with zero attached hydrogens (tertiary/aromatic N) is 1. The molecule has 4 aliphatic rings. The SMILES string of the molecule is CCCCCCCCCCCC(=O)C[C@@H](CCCCN)C(=O)N[C@H](C(=O)C[C@@H](C)C(=O)N[C@@H](CCCCN)C(=O)C[C@@H](C)B1O[C@@H]2C[C@@H]3C[C@@H](C3(C)C)[C@]2(C)O1)[C@@H](C)O.CCCCCCCCN(CCC(=O)O)C(=O)OC(C)(C)C. The summed E-state index contributed by atoms with van der Waals surface area (Å²) in [6.07, 6.45) is 21.5. The number of carboxylic acids is 1. The molecule has 3 amide bonds. The maximum Gasteiger partial charge on any atom is 0.461 e. The van der Waals surface area contributed by atoms with E-state index in [0.29, 0.717) is 76.4 Å². The Kier molecular flexibility index (Phi) is 34.2. The molecule has 18 heteroatoms. The van der Waals surface area contributed by atoms with Gasteiger partial charge in [0.25, 0.3) is 0 Å². The first-order valence-electron chi connectivity index (χ1n) is 31.5. The van der Waals surface area contributed by atoms with E-state index < -0.39 is 72.4 Å². The van der Waals surface area contributed by atoms with Gasteiger partial charge in [0.15, 0.2) is 11.6 Å². The lowest BCUT2D eigenvalue weighted by Crippen LogP contribution is -2.65. The van der Waals surface area contributed by atoms with Crippen LogP contribution in [-0.2, 0) is 42.8 Å². The Balaban J connectivity index is 0.000000876. The van der Waals surface area contributed by atoms with E-state index in [0.717, 1.165) is 51.4 Å². The number of rotatable bonds is 42. The summed E-state index contributed by atoms with van der Waals surface area (Å²) in [5.74, 6) is -3.08. The number of aliphatic carboxylic acids is 1. The molecule has 1 heterocycles. The Morgan fingerprint density at radius 3 is 1.79 bits per heavy atom. The predicted octanol–water partition coefficient (Wildman–Crippen LogP) is 10.8. The Morgan fingerprint density at radius 2 is 1.25 bits per heavy atom. The van der Waals surface area contributed by atoms with Crippen molar-refractivity contribution in [2.24, 2.45) is 40.6 Å². The second-order valence-corrected chi connectivity index (χ2v) is 25.8. The van der Waals surface area contributed by atoms with Gasteiger partial charge in [0.2, 0.25) is 11.8 Å². The number of hydrogen-bond donors (Lipinski definition) is 6. The Bertz CT molecular complexity index is 1860. The van der Waals surface area contributed by atoms with E-state index in [-0.39, 0.29) is 66.7 Å². The van der Waals surface area contributed by atoms with Gasteiger partial charge >= 0.3 is 19.2 Å². The lowest BCUT2D eigenvalue weighted by Gasteiger charge is -2.64. The van der Waals surface area contributed by atoms with Gasteiger partial charge in [-0.05, 0) is 129 Å². The molecule has 0 aromatic carbocycles. The number of ketones is 3. The summed E-state index contributed by atoms with van der Waals surface area (Å²) in [5.41, 5.74) is 10.7. The van der Waals surface area contributed by atoms with Crippen LogP contribution in [0.3, 0.4) is 0 Å². The molecule has 3 aliphatic carbocycles.